The SMILES string of the molecule is CCCCCCCCN(CCCCCCCC)C(=S)CCCCC. The Morgan fingerprint density at radius 2 is 0.917 bits per heavy atom. The lowest BCUT2D eigenvalue weighted by Crippen LogP contribution is -2.31. The first-order valence-corrected chi connectivity index (χ1v) is 11.4. The minimum absolute atomic E-state index is 1.13. The maximum absolute atomic E-state index is 5.75. The van der Waals surface area contributed by atoms with E-state index in [0.29, 0.717) is 0 Å². The van der Waals surface area contributed by atoms with E-state index in [1.807, 2.05) is 0 Å². The van der Waals surface area contributed by atoms with E-state index in [2.05, 4.69) is 25.7 Å². The zero-order valence-electron chi connectivity index (χ0n) is 17.1. The molecule has 0 radical (unpaired) electrons. The van der Waals surface area contributed by atoms with Gasteiger partial charge in [-0.25, -0.2) is 0 Å². The van der Waals surface area contributed by atoms with Crippen molar-refractivity contribution in [3.8, 4) is 0 Å². The summed E-state index contributed by atoms with van der Waals surface area (Å²) in [6, 6.07) is 0. The topological polar surface area (TPSA) is 3.24 Å². The van der Waals surface area contributed by atoms with Gasteiger partial charge in [0.2, 0.25) is 0 Å². The lowest BCUT2D eigenvalue weighted by molar-refractivity contribution is 0.382. The van der Waals surface area contributed by atoms with Gasteiger partial charge in [0.15, 0.2) is 0 Å². The Morgan fingerprint density at radius 3 is 1.38 bits per heavy atom. The molecule has 0 aliphatic carbocycles. The van der Waals surface area contributed by atoms with E-state index in [0.717, 1.165) is 6.42 Å². The molecule has 0 aromatic heterocycles. The fourth-order valence-electron chi connectivity index (χ4n) is 3.21. The molecule has 0 rings (SSSR count). The summed E-state index contributed by atoms with van der Waals surface area (Å²) in [6.45, 7) is 9.25. The molecule has 1 nitrogen and oxygen atoms in total. The van der Waals surface area contributed by atoms with Gasteiger partial charge in [-0.3, -0.25) is 0 Å². The highest BCUT2D eigenvalue weighted by molar-refractivity contribution is 7.80. The van der Waals surface area contributed by atoms with Crippen LogP contribution >= 0.6 is 12.2 Å². The van der Waals surface area contributed by atoms with Crippen LogP contribution in [0.3, 0.4) is 0 Å². The monoisotopic (exact) mass is 355 g/mol. The van der Waals surface area contributed by atoms with Crippen molar-refractivity contribution in [1.29, 1.82) is 0 Å². The molecule has 0 spiro atoms. The summed E-state index contributed by atoms with van der Waals surface area (Å²) < 4.78 is 0. The minimum Gasteiger partial charge on any atom is -0.366 e. The Bertz CT molecular complexity index is 249. The number of hydrogen-bond acceptors (Lipinski definition) is 1. The zero-order valence-corrected chi connectivity index (χ0v) is 17.9. The second kappa shape index (κ2) is 19.2. The molecule has 0 atom stereocenters. The van der Waals surface area contributed by atoms with Crippen LogP contribution in [-0.2, 0) is 0 Å². The average molecular weight is 356 g/mol. The first kappa shape index (κ1) is 23.9. The van der Waals surface area contributed by atoms with Crippen LogP contribution in [0.1, 0.15) is 124 Å². The van der Waals surface area contributed by atoms with Crippen molar-refractivity contribution in [2.24, 2.45) is 0 Å². The maximum Gasteiger partial charge on any atom is 0.0779 e. The molecule has 0 saturated heterocycles. The van der Waals surface area contributed by atoms with Gasteiger partial charge in [-0.15, -0.1) is 0 Å². The van der Waals surface area contributed by atoms with Gasteiger partial charge >= 0.3 is 0 Å². The lowest BCUT2D eigenvalue weighted by atomic mass is 10.1. The third-order valence-electron chi connectivity index (χ3n) is 4.91. The van der Waals surface area contributed by atoms with Gasteiger partial charge in [-0.2, -0.15) is 0 Å². The summed E-state index contributed by atoms with van der Waals surface area (Å²) in [5.74, 6) is 0. The van der Waals surface area contributed by atoms with Gasteiger partial charge in [0.1, 0.15) is 0 Å². The maximum atomic E-state index is 5.75. The summed E-state index contributed by atoms with van der Waals surface area (Å²) in [6.07, 6.45) is 21.5. The highest BCUT2D eigenvalue weighted by Gasteiger charge is 2.09. The van der Waals surface area contributed by atoms with E-state index in [-0.39, 0.29) is 0 Å². The first-order chi connectivity index (χ1) is 11.8. The van der Waals surface area contributed by atoms with Crippen molar-refractivity contribution in [3.05, 3.63) is 0 Å². The molecular weight excluding hydrogens is 310 g/mol. The number of rotatable bonds is 18. The van der Waals surface area contributed by atoms with Crippen LogP contribution in [0.25, 0.3) is 0 Å². The van der Waals surface area contributed by atoms with Crippen LogP contribution in [-0.4, -0.2) is 23.0 Å². The molecule has 144 valence electrons. The van der Waals surface area contributed by atoms with Gasteiger partial charge in [0.05, 0.1) is 4.99 Å². The van der Waals surface area contributed by atoms with Gasteiger partial charge in [-0.1, -0.05) is 110 Å². The van der Waals surface area contributed by atoms with Crippen molar-refractivity contribution < 1.29 is 0 Å². The van der Waals surface area contributed by atoms with Crippen LogP contribution in [0.4, 0.5) is 0 Å². The predicted octanol–water partition coefficient (Wildman–Crippen LogP) is 7.92. The molecule has 0 bridgehead atoms. The van der Waals surface area contributed by atoms with Crippen molar-refractivity contribution in [3.63, 3.8) is 0 Å². The molecule has 0 aliphatic heterocycles. The third kappa shape index (κ3) is 15.4. The molecule has 0 aromatic carbocycles. The Labute approximate surface area is 159 Å². The third-order valence-corrected chi connectivity index (χ3v) is 5.37. The molecule has 0 amide bonds. The number of unbranched alkanes of at least 4 members (excludes halogenated alkanes) is 12. The molecule has 0 aromatic rings. The summed E-state index contributed by atoms with van der Waals surface area (Å²) in [5.41, 5.74) is 0. The van der Waals surface area contributed by atoms with Gasteiger partial charge < -0.3 is 4.90 Å². The van der Waals surface area contributed by atoms with Crippen LogP contribution in [0, 0.1) is 0 Å². The van der Waals surface area contributed by atoms with Crippen molar-refractivity contribution in [1.82, 2.24) is 4.90 Å². The summed E-state index contributed by atoms with van der Waals surface area (Å²) in [4.78, 5) is 3.79. The summed E-state index contributed by atoms with van der Waals surface area (Å²) >= 11 is 5.75. The Hall–Kier alpha value is -0.110. The predicted molar refractivity (Wildman–Crippen MR) is 115 cm³/mol. The first-order valence-electron chi connectivity index (χ1n) is 11.0. The molecular formula is C22H45NS. The number of thiocarbonyl (C=S) groups is 1. The van der Waals surface area contributed by atoms with Crippen LogP contribution in [0.2, 0.25) is 0 Å². The lowest BCUT2D eigenvalue weighted by Gasteiger charge is -2.25. The standard InChI is InChI=1S/C22H45NS/c1-4-7-10-12-14-17-20-23(22(24)19-16-9-6-3)21-18-15-13-11-8-5-2/h4-21H2,1-3H3. The summed E-state index contributed by atoms with van der Waals surface area (Å²) in [7, 11) is 0. The fourth-order valence-corrected chi connectivity index (χ4v) is 3.54. The Kier molecular flexibility index (Phi) is 19.1. The molecule has 0 aliphatic rings. The van der Waals surface area contributed by atoms with E-state index in [1.165, 1.54) is 114 Å². The molecule has 2 heteroatoms. The number of nitrogens with zero attached hydrogens (tertiary/aromatic N) is 1. The molecule has 24 heavy (non-hydrogen) atoms. The minimum atomic E-state index is 1.13. The largest absolute Gasteiger partial charge is 0.366 e. The van der Waals surface area contributed by atoms with Crippen LogP contribution in [0.15, 0.2) is 0 Å². The zero-order chi connectivity index (χ0) is 17.9. The second-order valence-corrected chi connectivity index (χ2v) is 7.84. The number of hydrogen-bond donors (Lipinski definition) is 0. The van der Waals surface area contributed by atoms with E-state index in [4.69, 9.17) is 12.2 Å². The highest BCUT2D eigenvalue weighted by atomic mass is 32.1. The summed E-state index contributed by atoms with van der Waals surface area (Å²) in [5, 5.41) is 0. The fraction of sp³-hybridized carbons (Fsp3) is 0.955. The van der Waals surface area contributed by atoms with E-state index in [1.54, 1.807) is 0 Å². The Balaban J connectivity index is 3.97. The molecule has 0 heterocycles. The smallest absolute Gasteiger partial charge is 0.0779 e. The normalized spacial score (nSPS) is 11.0. The van der Waals surface area contributed by atoms with E-state index < -0.39 is 0 Å². The van der Waals surface area contributed by atoms with Crippen molar-refractivity contribution in [2.75, 3.05) is 13.1 Å². The molecule has 0 saturated carbocycles. The molecule has 0 N–H and O–H groups in total. The van der Waals surface area contributed by atoms with E-state index in [9.17, 15) is 0 Å². The Morgan fingerprint density at radius 1 is 0.542 bits per heavy atom. The van der Waals surface area contributed by atoms with Crippen LogP contribution in [0.5, 0.6) is 0 Å². The van der Waals surface area contributed by atoms with Gasteiger partial charge in [0.25, 0.3) is 0 Å². The average Bonchev–Trinajstić information content (AvgIpc) is 2.59. The van der Waals surface area contributed by atoms with Crippen molar-refractivity contribution in [2.45, 2.75) is 124 Å². The quantitative estimate of drug-likeness (QED) is 0.181. The molecule has 0 unspecified atom stereocenters. The van der Waals surface area contributed by atoms with Gasteiger partial charge in [-0.05, 0) is 25.7 Å². The van der Waals surface area contributed by atoms with E-state index >= 15 is 0 Å². The van der Waals surface area contributed by atoms with Gasteiger partial charge in [0, 0.05) is 13.1 Å². The molecule has 0 fully saturated rings. The van der Waals surface area contributed by atoms with Crippen LogP contribution < -0.4 is 0 Å². The highest BCUT2D eigenvalue weighted by Crippen LogP contribution is 2.12. The second-order valence-electron chi connectivity index (χ2n) is 7.37. The van der Waals surface area contributed by atoms with Crippen molar-refractivity contribution >= 4 is 17.2 Å².